The quantitative estimate of drug-likeness (QED) is 0.620. The lowest BCUT2D eigenvalue weighted by Gasteiger charge is -2.08. The van der Waals surface area contributed by atoms with Gasteiger partial charge >= 0.3 is 0 Å². The minimum Gasteiger partial charge on any atom is -0.496 e. The minimum atomic E-state index is -0.342. The summed E-state index contributed by atoms with van der Waals surface area (Å²) in [5.41, 5.74) is 2.68. The summed E-state index contributed by atoms with van der Waals surface area (Å²) in [6.45, 7) is 2.65. The molecule has 7 heteroatoms. The normalized spacial score (nSPS) is 10.6. The number of halogens is 2. The molecule has 0 fully saturated rings. The highest BCUT2D eigenvalue weighted by Gasteiger charge is 2.16. The van der Waals surface area contributed by atoms with Crippen molar-refractivity contribution in [1.82, 2.24) is 9.78 Å². The van der Waals surface area contributed by atoms with Gasteiger partial charge in [-0.3, -0.25) is 9.48 Å². The van der Waals surface area contributed by atoms with Crippen molar-refractivity contribution < 1.29 is 9.53 Å². The molecule has 0 aliphatic carbocycles. The molecule has 0 radical (unpaired) electrons. The second-order valence-electron chi connectivity index (χ2n) is 5.81. The first-order chi connectivity index (χ1) is 12.5. The molecule has 0 unspecified atom stereocenters. The van der Waals surface area contributed by atoms with Crippen LogP contribution < -0.4 is 10.1 Å². The molecule has 1 amide bonds. The Bertz CT molecular complexity index is 938. The highest BCUT2D eigenvalue weighted by Crippen LogP contribution is 2.26. The molecule has 26 heavy (non-hydrogen) atoms. The fourth-order valence-electron chi connectivity index (χ4n) is 2.48. The lowest BCUT2D eigenvalue weighted by atomic mass is 10.1. The zero-order valence-electron chi connectivity index (χ0n) is 14.3. The minimum absolute atomic E-state index is 0.342. The number of methoxy groups -OCH3 is 1. The molecule has 3 aromatic rings. The van der Waals surface area contributed by atoms with E-state index in [9.17, 15) is 4.79 Å². The Morgan fingerprint density at radius 2 is 2.00 bits per heavy atom. The molecular weight excluding hydrogens is 418 g/mol. The van der Waals surface area contributed by atoms with E-state index in [1.54, 1.807) is 22.9 Å². The first kappa shape index (κ1) is 18.5. The van der Waals surface area contributed by atoms with E-state index in [4.69, 9.17) is 16.3 Å². The lowest BCUT2D eigenvalue weighted by Crippen LogP contribution is -2.14. The van der Waals surface area contributed by atoms with Crippen LogP contribution in [0.3, 0.4) is 0 Å². The summed E-state index contributed by atoms with van der Waals surface area (Å²) in [6.07, 6.45) is 1.82. The first-order valence-electron chi connectivity index (χ1n) is 7.89. The number of hydrogen-bond acceptors (Lipinski definition) is 3. The molecule has 0 spiro atoms. The van der Waals surface area contributed by atoms with Crippen LogP contribution >= 0.6 is 27.5 Å². The third-order valence-corrected chi connectivity index (χ3v) is 4.64. The topological polar surface area (TPSA) is 56.1 Å². The van der Waals surface area contributed by atoms with Gasteiger partial charge in [-0.25, -0.2) is 0 Å². The van der Waals surface area contributed by atoms with Crippen molar-refractivity contribution >= 4 is 39.3 Å². The van der Waals surface area contributed by atoms with Crippen molar-refractivity contribution in [3.63, 3.8) is 0 Å². The molecule has 0 atom stereocenters. The van der Waals surface area contributed by atoms with Crippen molar-refractivity contribution in [2.75, 3.05) is 12.4 Å². The highest BCUT2D eigenvalue weighted by molar-refractivity contribution is 9.10. The Morgan fingerprint density at radius 3 is 2.69 bits per heavy atom. The average Bonchev–Trinajstić information content (AvgIpc) is 2.96. The first-order valence-corrected chi connectivity index (χ1v) is 9.07. The van der Waals surface area contributed by atoms with Gasteiger partial charge in [-0.15, -0.1) is 0 Å². The number of benzene rings is 2. The Kier molecular flexibility index (Phi) is 5.64. The molecule has 0 saturated carbocycles. The highest BCUT2D eigenvalue weighted by atomic mass is 79.9. The third-order valence-electron chi connectivity index (χ3n) is 3.82. The predicted molar refractivity (Wildman–Crippen MR) is 106 cm³/mol. The smallest absolute Gasteiger partial charge is 0.260 e. The van der Waals surface area contributed by atoms with Crippen LogP contribution in [0.1, 0.15) is 21.5 Å². The number of hydrogen-bond donors (Lipinski definition) is 1. The number of rotatable bonds is 5. The van der Waals surface area contributed by atoms with E-state index in [0.29, 0.717) is 33.2 Å². The molecule has 1 heterocycles. The van der Waals surface area contributed by atoms with Crippen LogP contribution in [0.5, 0.6) is 5.75 Å². The maximum absolute atomic E-state index is 12.6. The molecule has 0 aliphatic rings. The van der Waals surface area contributed by atoms with E-state index in [1.807, 2.05) is 13.1 Å². The van der Waals surface area contributed by atoms with Crippen LogP contribution in [-0.4, -0.2) is 22.8 Å². The molecule has 0 saturated heterocycles. The van der Waals surface area contributed by atoms with E-state index in [2.05, 4.69) is 50.6 Å². The zero-order chi connectivity index (χ0) is 18.7. The fraction of sp³-hybridized carbons (Fsp3) is 0.158. The summed E-state index contributed by atoms with van der Waals surface area (Å²) in [5.74, 6) is 0.539. The van der Waals surface area contributed by atoms with Gasteiger partial charge in [-0.05, 0) is 46.6 Å². The number of carbonyl (C=O) groups excluding carboxylic acids is 1. The van der Waals surface area contributed by atoms with Crippen molar-refractivity contribution in [2.45, 2.75) is 13.5 Å². The van der Waals surface area contributed by atoms with Gasteiger partial charge in [0.1, 0.15) is 5.75 Å². The Hall–Kier alpha value is -2.31. The number of aromatic nitrogens is 2. The second-order valence-corrected chi connectivity index (χ2v) is 7.10. The van der Waals surface area contributed by atoms with E-state index >= 15 is 0 Å². The molecular formula is C19H17BrClN3O2. The summed E-state index contributed by atoms with van der Waals surface area (Å²) in [7, 11) is 1.51. The number of aryl methyl sites for hydroxylation is 1. The van der Waals surface area contributed by atoms with Crippen LogP contribution in [0.4, 0.5) is 5.82 Å². The van der Waals surface area contributed by atoms with Crippen LogP contribution in [-0.2, 0) is 6.54 Å². The summed E-state index contributed by atoms with van der Waals surface area (Å²) in [6, 6.07) is 13.1. The van der Waals surface area contributed by atoms with E-state index in [0.717, 1.165) is 5.56 Å². The molecule has 1 N–H and O–H groups in total. The lowest BCUT2D eigenvalue weighted by molar-refractivity contribution is 0.102. The van der Waals surface area contributed by atoms with Crippen molar-refractivity contribution in [3.8, 4) is 5.75 Å². The molecule has 2 aromatic carbocycles. The van der Waals surface area contributed by atoms with Gasteiger partial charge in [0.15, 0.2) is 5.82 Å². The summed E-state index contributed by atoms with van der Waals surface area (Å²) in [4.78, 5) is 12.6. The standard InChI is InChI=1S/C19H17BrClN3O2/c1-12-3-5-13(6-4-12)10-24-11-16(20)18(23-24)22-19(25)15-9-14(21)7-8-17(15)26-2/h3-9,11H,10H2,1-2H3,(H,22,23,25). The monoisotopic (exact) mass is 433 g/mol. The number of ether oxygens (including phenoxy) is 1. The van der Waals surface area contributed by atoms with E-state index in [-0.39, 0.29) is 5.91 Å². The van der Waals surface area contributed by atoms with Gasteiger partial charge in [0, 0.05) is 11.2 Å². The molecule has 5 nitrogen and oxygen atoms in total. The van der Waals surface area contributed by atoms with Crippen LogP contribution in [0.2, 0.25) is 5.02 Å². The summed E-state index contributed by atoms with van der Waals surface area (Å²) >= 11 is 9.43. The Balaban J connectivity index is 1.78. The Morgan fingerprint density at radius 1 is 1.27 bits per heavy atom. The molecule has 0 bridgehead atoms. The molecule has 1 aromatic heterocycles. The zero-order valence-corrected chi connectivity index (χ0v) is 16.6. The Labute approximate surface area is 165 Å². The van der Waals surface area contributed by atoms with Crippen molar-refractivity contribution in [3.05, 3.63) is 74.8 Å². The number of nitrogens with zero attached hydrogens (tertiary/aromatic N) is 2. The number of carbonyl (C=O) groups is 1. The van der Waals surface area contributed by atoms with Crippen LogP contribution in [0.15, 0.2) is 53.1 Å². The maximum Gasteiger partial charge on any atom is 0.260 e. The van der Waals surface area contributed by atoms with E-state index in [1.165, 1.54) is 12.7 Å². The van der Waals surface area contributed by atoms with Gasteiger partial charge < -0.3 is 10.1 Å². The van der Waals surface area contributed by atoms with Crippen LogP contribution in [0.25, 0.3) is 0 Å². The SMILES string of the molecule is COc1ccc(Cl)cc1C(=O)Nc1nn(Cc2ccc(C)cc2)cc1Br. The van der Waals surface area contributed by atoms with E-state index < -0.39 is 0 Å². The largest absolute Gasteiger partial charge is 0.496 e. The third kappa shape index (κ3) is 4.26. The predicted octanol–water partition coefficient (Wildman–Crippen LogP) is 4.92. The van der Waals surface area contributed by atoms with Gasteiger partial charge in [0.25, 0.3) is 5.91 Å². The molecule has 0 aliphatic heterocycles. The summed E-state index contributed by atoms with van der Waals surface area (Å²) in [5, 5.41) is 7.68. The van der Waals surface area contributed by atoms with Crippen molar-refractivity contribution in [1.29, 1.82) is 0 Å². The van der Waals surface area contributed by atoms with Crippen LogP contribution in [0, 0.1) is 6.92 Å². The average molecular weight is 435 g/mol. The van der Waals surface area contributed by atoms with Gasteiger partial charge in [0.2, 0.25) is 0 Å². The second kappa shape index (κ2) is 7.93. The number of amides is 1. The number of nitrogens with one attached hydrogen (secondary N) is 1. The molecule has 134 valence electrons. The van der Waals surface area contributed by atoms with Gasteiger partial charge in [-0.2, -0.15) is 5.10 Å². The fourth-order valence-corrected chi connectivity index (χ4v) is 3.06. The molecule has 3 rings (SSSR count). The van der Waals surface area contributed by atoms with Crippen molar-refractivity contribution in [2.24, 2.45) is 0 Å². The van der Waals surface area contributed by atoms with Gasteiger partial charge in [-0.1, -0.05) is 41.4 Å². The number of anilines is 1. The summed E-state index contributed by atoms with van der Waals surface area (Å²) < 4.78 is 7.68. The maximum atomic E-state index is 12.6. The van der Waals surface area contributed by atoms with Gasteiger partial charge in [0.05, 0.1) is 23.7 Å².